The van der Waals surface area contributed by atoms with Crippen LogP contribution in [0.25, 0.3) is 0 Å². The van der Waals surface area contributed by atoms with Gasteiger partial charge in [-0.15, -0.1) is 11.3 Å². The number of anilines is 2. The number of pyridine rings is 1. The molecule has 0 fully saturated rings. The first-order valence-electron chi connectivity index (χ1n) is 5.29. The van der Waals surface area contributed by atoms with Crippen LogP contribution < -0.4 is 10.6 Å². The quantitative estimate of drug-likeness (QED) is 0.902. The molecule has 7 heteroatoms. The van der Waals surface area contributed by atoms with Crippen molar-refractivity contribution in [1.82, 2.24) is 9.97 Å². The molecule has 0 saturated carbocycles. The summed E-state index contributed by atoms with van der Waals surface area (Å²) in [6.45, 7) is 2.61. The summed E-state index contributed by atoms with van der Waals surface area (Å²) in [7, 11) is 1.76. The molecular weight excluding hydrogens is 291 g/mol. The van der Waals surface area contributed by atoms with Crippen LogP contribution in [-0.2, 0) is 6.54 Å². The topological polar surface area (TPSA) is 49.8 Å². The summed E-state index contributed by atoms with van der Waals surface area (Å²) in [5.41, 5.74) is 0. The highest BCUT2D eigenvalue weighted by Gasteiger charge is 2.08. The first kappa shape index (κ1) is 13.4. The molecule has 0 radical (unpaired) electrons. The van der Waals surface area contributed by atoms with Gasteiger partial charge in [-0.05, 0) is 13.0 Å². The lowest BCUT2D eigenvalue weighted by atomic mass is 10.4. The average Bonchev–Trinajstić information content (AvgIpc) is 2.74. The van der Waals surface area contributed by atoms with Crippen LogP contribution in [-0.4, -0.2) is 17.0 Å². The Morgan fingerprint density at radius 1 is 1.28 bits per heavy atom. The first-order chi connectivity index (χ1) is 8.60. The summed E-state index contributed by atoms with van der Waals surface area (Å²) in [4.78, 5) is 9.75. The van der Waals surface area contributed by atoms with Gasteiger partial charge in [-0.25, -0.2) is 9.97 Å². The summed E-state index contributed by atoms with van der Waals surface area (Å²) < 4.78 is 0. The minimum absolute atomic E-state index is 0.493. The second kappa shape index (κ2) is 5.73. The molecule has 0 aromatic carbocycles. The molecule has 2 rings (SSSR count). The van der Waals surface area contributed by atoms with E-state index in [1.165, 1.54) is 4.88 Å². The standard InChI is InChI=1S/C11H12Cl2N4S/c1-6-4-15-9(18-6)5-16-11-8(13)3-7(12)10(14-2)17-11/h3-4H,5H2,1-2H3,(H2,14,16,17). The Hall–Kier alpha value is -1.04. The van der Waals surface area contributed by atoms with Gasteiger partial charge in [-0.2, -0.15) is 0 Å². The minimum atomic E-state index is 0.493. The van der Waals surface area contributed by atoms with E-state index in [0.29, 0.717) is 28.2 Å². The van der Waals surface area contributed by atoms with Crippen molar-refractivity contribution in [2.45, 2.75) is 13.5 Å². The third-order valence-electron chi connectivity index (χ3n) is 2.24. The Balaban J connectivity index is 2.13. The number of nitrogens with one attached hydrogen (secondary N) is 2. The maximum atomic E-state index is 6.08. The van der Waals surface area contributed by atoms with Crippen molar-refractivity contribution in [3.63, 3.8) is 0 Å². The van der Waals surface area contributed by atoms with Gasteiger partial charge in [0.2, 0.25) is 0 Å². The van der Waals surface area contributed by atoms with Gasteiger partial charge in [-0.3, -0.25) is 0 Å². The monoisotopic (exact) mass is 302 g/mol. The van der Waals surface area contributed by atoms with Gasteiger partial charge in [0.25, 0.3) is 0 Å². The first-order valence-corrected chi connectivity index (χ1v) is 6.86. The molecule has 18 heavy (non-hydrogen) atoms. The molecule has 0 unspecified atom stereocenters. The van der Waals surface area contributed by atoms with Crippen LogP contribution in [0.3, 0.4) is 0 Å². The van der Waals surface area contributed by atoms with Crippen LogP contribution in [0.2, 0.25) is 10.0 Å². The molecular formula is C11H12Cl2N4S. The second-order valence-electron chi connectivity index (χ2n) is 3.62. The van der Waals surface area contributed by atoms with Crippen molar-refractivity contribution in [3.8, 4) is 0 Å². The highest BCUT2D eigenvalue weighted by molar-refractivity contribution is 7.11. The van der Waals surface area contributed by atoms with E-state index in [1.54, 1.807) is 24.5 Å². The van der Waals surface area contributed by atoms with Crippen LogP contribution in [0, 0.1) is 6.92 Å². The van der Waals surface area contributed by atoms with Gasteiger partial charge in [0.05, 0.1) is 16.6 Å². The van der Waals surface area contributed by atoms with Crippen molar-refractivity contribution < 1.29 is 0 Å². The fourth-order valence-corrected chi connectivity index (χ4v) is 2.66. The zero-order chi connectivity index (χ0) is 13.1. The number of rotatable bonds is 4. The van der Waals surface area contributed by atoms with Gasteiger partial charge >= 0.3 is 0 Å². The van der Waals surface area contributed by atoms with Crippen molar-refractivity contribution >= 4 is 46.2 Å². The number of aromatic nitrogens is 2. The number of nitrogens with zero attached hydrogens (tertiary/aromatic N) is 2. The summed E-state index contributed by atoms with van der Waals surface area (Å²) in [5, 5.41) is 8.04. The molecule has 0 aliphatic carbocycles. The molecule has 0 aliphatic heterocycles. The predicted molar refractivity (Wildman–Crippen MR) is 78.0 cm³/mol. The largest absolute Gasteiger partial charge is 0.372 e. The van der Waals surface area contributed by atoms with Crippen LogP contribution in [0.15, 0.2) is 12.3 Å². The number of halogens is 2. The lowest BCUT2D eigenvalue weighted by molar-refractivity contribution is 1.08. The lowest BCUT2D eigenvalue weighted by Crippen LogP contribution is -2.04. The van der Waals surface area contributed by atoms with E-state index in [2.05, 4.69) is 20.6 Å². The van der Waals surface area contributed by atoms with E-state index in [-0.39, 0.29) is 0 Å². The van der Waals surface area contributed by atoms with Gasteiger partial charge in [0.1, 0.15) is 16.6 Å². The highest BCUT2D eigenvalue weighted by atomic mass is 35.5. The van der Waals surface area contributed by atoms with Crippen LogP contribution >= 0.6 is 34.5 Å². The molecule has 0 amide bonds. The average molecular weight is 303 g/mol. The maximum Gasteiger partial charge on any atom is 0.147 e. The van der Waals surface area contributed by atoms with Crippen molar-refractivity contribution in [1.29, 1.82) is 0 Å². The summed E-state index contributed by atoms with van der Waals surface area (Å²) in [6.07, 6.45) is 1.84. The highest BCUT2D eigenvalue weighted by Crippen LogP contribution is 2.29. The summed E-state index contributed by atoms with van der Waals surface area (Å²) >= 11 is 13.7. The zero-order valence-electron chi connectivity index (χ0n) is 9.92. The van der Waals surface area contributed by atoms with Crippen molar-refractivity contribution in [2.75, 3.05) is 17.7 Å². The molecule has 2 aromatic rings. The third-order valence-corrected chi connectivity index (χ3v) is 3.73. The van der Waals surface area contributed by atoms with E-state index in [0.717, 1.165) is 5.01 Å². The van der Waals surface area contributed by atoms with E-state index in [4.69, 9.17) is 23.2 Å². The smallest absolute Gasteiger partial charge is 0.147 e. The maximum absolute atomic E-state index is 6.08. The van der Waals surface area contributed by atoms with Crippen LogP contribution in [0.1, 0.15) is 9.88 Å². The molecule has 0 bridgehead atoms. The minimum Gasteiger partial charge on any atom is -0.372 e. The lowest BCUT2D eigenvalue weighted by Gasteiger charge is -2.09. The van der Waals surface area contributed by atoms with Gasteiger partial charge in [-0.1, -0.05) is 23.2 Å². The Kier molecular flexibility index (Phi) is 4.27. The zero-order valence-corrected chi connectivity index (χ0v) is 12.2. The van der Waals surface area contributed by atoms with Gasteiger partial charge in [0.15, 0.2) is 0 Å². The van der Waals surface area contributed by atoms with Crippen LogP contribution in [0.4, 0.5) is 11.6 Å². The molecule has 0 aliphatic rings. The number of hydrogen-bond acceptors (Lipinski definition) is 5. The fraction of sp³-hybridized carbons (Fsp3) is 0.273. The number of hydrogen-bond donors (Lipinski definition) is 2. The molecule has 2 heterocycles. The Labute approximate surface area is 119 Å². The second-order valence-corrected chi connectivity index (χ2v) is 5.75. The van der Waals surface area contributed by atoms with E-state index >= 15 is 0 Å². The van der Waals surface area contributed by atoms with Crippen LogP contribution in [0.5, 0.6) is 0 Å². The molecule has 0 saturated heterocycles. The normalized spacial score (nSPS) is 10.4. The Morgan fingerprint density at radius 3 is 2.61 bits per heavy atom. The summed E-state index contributed by atoms with van der Waals surface area (Å²) in [6, 6.07) is 1.66. The number of aryl methyl sites for hydroxylation is 1. The van der Waals surface area contributed by atoms with Gasteiger partial charge in [0, 0.05) is 18.1 Å². The Morgan fingerprint density at radius 2 is 2.00 bits per heavy atom. The number of thiazole rings is 1. The SMILES string of the molecule is CNc1nc(NCc2ncc(C)s2)c(Cl)cc1Cl. The fourth-order valence-electron chi connectivity index (χ4n) is 1.41. The third kappa shape index (κ3) is 3.04. The molecule has 2 aromatic heterocycles. The van der Waals surface area contributed by atoms with Crippen molar-refractivity contribution in [2.24, 2.45) is 0 Å². The van der Waals surface area contributed by atoms with Gasteiger partial charge < -0.3 is 10.6 Å². The van der Waals surface area contributed by atoms with E-state index < -0.39 is 0 Å². The summed E-state index contributed by atoms with van der Waals surface area (Å²) in [5.74, 6) is 1.19. The molecule has 2 N–H and O–H groups in total. The molecule has 0 spiro atoms. The van der Waals surface area contributed by atoms with Crippen molar-refractivity contribution in [3.05, 3.63) is 32.2 Å². The van der Waals surface area contributed by atoms with E-state index in [9.17, 15) is 0 Å². The predicted octanol–water partition coefficient (Wildman–Crippen LogP) is 3.81. The Bertz CT molecular complexity index is 556. The molecule has 0 atom stereocenters. The molecule has 4 nitrogen and oxygen atoms in total. The van der Waals surface area contributed by atoms with E-state index in [1.807, 2.05) is 13.1 Å². The molecule has 96 valence electrons.